The standard InChI is InChI=1S/C24H37FO/c1-2-3-4-18-5-7-19(8-6-18)20-9-11-21(12-10-20)23-14-13-22(15-16-26)24(25)17-23/h13-14,17-21,26H,2-12,15-16H2,1H3. The predicted octanol–water partition coefficient (Wildman–Crippen LogP) is 6.63. The van der Waals surface area contributed by atoms with Crippen molar-refractivity contribution in [2.45, 2.75) is 89.9 Å². The Hall–Kier alpha value is -0.890. The van der Waals surface area contributed by atoms with Crippen molar-refractivity contribution in [3.05, 3.63) is 35.1 Å². The lowest BCUT2D eigenvalue weighted by Crippen LogP contribution is -2.25. The van der Waals surface area contributed by atoms with Gasteiger partial charge in [-0.05, 0) is 85.8 Å². The van der Waals surface area contributed by atoms with Gasteiger partial charge >= 0.3 is 0 Å². The molecule has 0 bridgehead atoms. The van der Waals surface area contributed by atoms with Gasteiger partial charge in [-0.1, -0.05) is 51.2 Å². The van der Waals surface area contributed by atoms with E-state index in [2.05, 4.69) is 13.0 Å². The van der Waals surface area contributed by atoms with Crippen LogP contribution in [0.1, 0.15) is 94.6 Å². The zero-order valence-electron chi connectivity index (χ0n) is 16.6. The third-order valence-electron chi connectivity index (χ3n) is 7.23. The largest absolute Gasteiger partial charge is 0.396 e. The Bertz CT molecular complexity index is 539. The number of benzene rings is 1. The normalized spacial score (nSPS) is 29.7. The van der Waals surface area contributed by atoms with Crippen molar-refractivity contribution in [2.24, 2.45) is 17.8 Å². The Kier molecular flexibility index (Phi) is 7.54. The third kappa shape index (κ3) is 5.09. The van der Waals surface area contributed by atoms with Crippen LogP contribution in [0.2, 0.25) is 0 Å². The van der Waals surface area contributed by atoms with Gasteiger partial charge in [-0.3, -0.25) is 0 Å². The van der Waals surface area contributed by atoms with Crippen molar-refractivity contribution >= 4 is 0 Å². The first-order valence-corrected chi connectivity index (χ1v) is 11.1. The summed E-state index contributed by atoms with van der Waals surface area (Å²) in [5, 5.41) is 9.01. The van der Waals surface area contributed by atoms with Crippen LogP contribution in [0.4, 0.5) is 4.39 Å². The number of unbranched alkanes of at least 4 members (excludes halogenated alkanes) is 1. The van der Waals surface area contributed by atoms with E-state index in [-0.39, 0.29) is 12.4 Å². The second-order valence-corrected chi connectivity index (χ2v) is 8.86. The zero-order valence-corrected chi connectivity index (χ0v) is 16.6. The molecule has 0 atom stereocenters. The summed E-state index contributed by atoms with van der Waals surface area (Å²) in [5.74, 6) is 3.27. The SMILES string of the molecule is CCCCC1CCC(C2CCC(c3ccc(CCO)c(F)c3)CC2)CC1. The van der Waals surface area contributed by atoms with Gasteiger partial charge in [-0.15, -0.1) is 0 Å². The average molecular weight is 361 g/mol. The molecule has 3 rings (SSSR count). The third-order valence-corrected chi connectivity index (χ3v) is 7.23. The Morgan fingerprint density at radius 1 is 0.962 bits per heavy atom. The van der Waals surface area contributed by atoms with Crippen LogP contribution in [-0.2, 0) is 6.42 Å². The molecule has 1 aromatic rings. The number of hydrogen-bond donors (Lipinski definition) is 1. The molecular weight excluding hydrogens is 323 g/mol. The number of halogens is 1. The van der Waals surface area contributed by atoms with E-state index in [9.17, 15) is 4.39 Å². The van der Waals surface area contributed by atoms with Gasteiger partial charge in [0, 0.05) is 6.61 Å². The summed E-state index contributed by atoms with van der Waals surface area (Å²) in [4.78, 5) is 0. The van der Waals surface area contributed by atoms with Crippen LogP contribution in [0.25, 0.3) is 0 Å². The highest BCUT2D eigenvalue weighted by Gasteiger charge is 2.31. The molecule has 1 nitrogen and oxygen atoms in total. The maximum atomic E-state index is 14.2. The molecule has 2 fully saturated rings. The monoisotopic (exact) mass is 360 g/mol. The van der Waals surface area contributed by atoms with E-state index < -0.39 is 0 Å². The lowest BCUT2D eigenvalue weighted by Gasteiger charge is -2.38. The molecule has 0 aliphatic heterocycles. The Labute approximate surface area is 159 Å². The predicted molar refractivity (Wildman–Crippen MR) is 107 cm³/mol. The number of aliphatic hydroxyl groups is 1. The summed E-state index contributed by atoms with van der Waals surface area (Å²) in [5.41, 5.74) is 1.82. The number of rotatable bonds is 7. The highest BCUT2D eigenvalue weighted by molar-refractivity contribution is 5.27. The first-order chi connectivity index (χ1) is 12.7. The molecule has 1 N–H and O–H groups in total. The van der Waals surface area contributed by atoms with Crippen LogP contribution < -0.4 is 0 Å². The maximum Gasteiger partial charge on any atom is 0.126 e. The van der Waals surface area contributed by atoms with Crippen molar-refractivity contribution in [3.8, 4) is 0 Å². The molecule has 0 radical (unpaired) electrons. The minimum Gasteiger partial charge on any atom is -0.396 e. The quantitative estimate of drug-likeness (QED) is 0.578. The number of aliphatic hydroxyl groups excluding tert-OH is 1. The molecule has 26 heavy (non-hydrogen) atoms. The van der Waals surface area contributed by atoms with Gasteiger partial charge < -0.3 is 5.11 Å². The molecule has 2 aliphatic rings. The Morgan fingerprint density at radius 2 is 1.62 bits per heavy atom. The molecule has 0 heterocycles. The number of hydrogen-bond acceptors (Lipinski definition) is 1. The smallest absolute Gasteiger partial charge is 0.126 e. The first-order valence-electron chi connectivity index (χ1n) is 11.1. The zero-order chi connectivity index (χ0) is 18.4. The Morgan fingerprint density at radius 3 is 2.19 bits per heavy atom. The summed E-state index contributed by atoms with van der Waals surface area (Å²) in [6, 6.07) is 5.71. The fraction of sp³-hybridized carbons (Fsp3) is 0.750. The van der Waals surface area contributed by atoms with Crippen LogP contribution in [0, 0.1) is 23.6 Å². The van der Waals surface area contributed by atoms with Crippen molar-refractivity contribution in [1.82, 2.24) is 0 Å². The molecule has 146 valence electrons. The van der Waals surface area contributed by atoms with Crippen LogP contribution >= 0.6 is 0 Å². The maximum absolute atomic E-state index is 14.2. The van der Waals surface area contributed by atoms with Gasteiger partial charge in [-0.2, -0.15) is 0 Å². The topological polar surface area (TPSA) is 20.2 Å². The summed E-state index contributed by atoms with van der Waals surface area (Å²) in [7, 11) is 0. The highest BCUT2D eigenvalue weighted by atomic mass is 19.1. The van der Waals surface area contributed by atoms with Crippen LogP contribution in [0.3, 0.4) is 0 Å². The summed E-state index contributed by atoms with van der Waals surface area (Å²) >= 11 is 0. The minimum absolute atomic E-state index is 0.0159. The van der Waals surface area contributed by atoms with Gasteiger partial charge in [0.05, 0.1) is 0 Å². The van der Waals surface area contributed by atoms with E-state index in [1.54, 1.807) is 6.07 Å². The fourth-order valence-corrected chi connectivity index (χ4v) is 5.51. The molecular formula is C24H37FO. The van der Waals surface area contributed by atoms with E-state index >= 15 is 0 Å². The van der Waals surface area contributed by atoms with Gasteiger partial charge in [0.15, 0.2) is 0 Å². The summed E-state index contributed by atoms with van der Waals surface area (Å²) < 4.78 is 14.2. The average Bonchev–Trinajstić information content (AvgIpc) is 2.69. The first kappa shape index (κ1) is 19.9. The molecule has 0 unspecified atom stereocenters. The second-order valence-electron chi connectivity index (χ2n) is 8.86. The lowest BCUT2D eigenvalue weighted by molar-refractivity contribution is 0.156. The summed E-state index contributed by atoms with van der Waals surface area (Å²) in [6.07, 6.45) is 15.5. The molecule has 2 heteroatoms. The molecule has 0 aromatic heterocycles. The van der Waals surface area contributed by atoms with Crippen molar-refractivity contribution in [1.29, 1.82) is 0 Å². The minimum atomic E-state index is -0.135. The van der Waals surface area contributed by atoms with Crippen molar-refractivity contribution < 1.29 is 9.50 Å². The van der Waals surface area contributed by atoms with Crippen LogP contribution in [-0.4, -0.2) is 11.7 Å². The van der Waals surface area contributed by atoms with E-state index in [4.69, 9.17) is 5.11 Å². The van der Waals surface area contributed by atoms with Gasteiger partial charge in [-0.25, -0.2) is 4.39 Å². The van der Waals surface area contributed by atoms with Gasteiger partial charge in [0.1, 0.15) is 5.82 Å². The Balaban J connectivity index is 1.47. The van der Waals surface area contributed by atoms with Crippen molar-refractivity contribution in [3.63, 3.8) is 0 Å². The van der Waals surface area contributed by atoms with E-state index in [0.717, 1.165) is 17.8 Å². The van der Waals surface area contributed by atoms with Gasteiger partial charge in [0.25, 0.3) is 0 Å². The van der Waals surface area contributed by atoms with Crippen LogP contribution in [0.15, 0.2) is 18.2 Å². The van der Waals surface area contributed by atoms with Crippen LogP contribution in [0.5, 0.6) is 0 Å². The van der Waals surface area contributed by atoms with E-state index in [0.29, 0.717) is 17.9 Å². The van der Waals surface area contributed by atoms with Gasteiger partial charge in [0.2, 0.25) is 0 Å². The molecule has 2 aliphatic carbocycles. The van der Waals surface area contributed by atoms with E-state index in [1.165, 1.54) is 76.2 Å². The lowest BCUT2D eigenvalue weighted by atomic mass is 9.68. The molecule has 1 aromatic carbocycles. The molecule has 0 amide bonds. The highest BCUT2D eigenvalue weighted by Crippen LogP contribution is 2.44. The molecule has 0 saturated heterocycles. The van der Waals surface area contributed by atoms with Crippen molar-refractivity contribution in [2.75, 3.05) is 6.61 Å². The summed E-state index contributed by atoms with van der Waals surface area (Å²) in [6.45, 7) is 2.32. The van der Waals surface area contributed by atoms with E-state index in [1.807, 2.05) is 6.07 Å². The molecule has 2 saturated carbocycles. The molecule has 0 spiro atoms. The fourth-order valence-electron chi connectivity index (χ4n) is 5.51. The second kappa shape index (κ2) is 9.88.